The molecule has 1 aliphatic heterocycles. The van der Waals surface area contributed by atoms with Crippen molar-refractivity contribution in [3.8, 4) is 61.8 Å². The fraction of sp³-hybridized carbons (Fsp3) is 0.0182. The lowest BCUT2D eigenvalue weighted by atomic mass is 9.94. The number of para-hydroxylation sites is 1. The SMILES string of the molecule is C=Cc1c2c3cc(-c4ccccc4)c4ccccc4c3n1-c1ccccc1-c1nc(-c3ccccc3)nc(-c3ccc(-c4ccc5ccccc5c4)cc3)c1CC=C2. The summed E-state index contributed by atoms with van der Waals surface area (Å²) < 4.78 is 2.41. The first-order valence-electron chi connectivity index (χ1n) is 19.8. The second-order valence-electron chi connectivity index (χ2n) is 14.9. The van der Waals surface area contributed by atoms with Crippen molar-refractivity contribution in [2.24, 2.45) is 0 Å². The predicted molar refractivity (Wildman–Crippen MR) is 244 cm³/mol. The monoisotopic (exact) mass is 739 g/mol. The Morgan fingerprint density at radius 3 is 1.91 bits per heavy atom. The molecule has 3 heteroatoms. The van der Waals surface area contributed by atoms with Gasteiger partial charge in [-0.15, -0.1) is 0 Å². The molecule has 0 fully saturated rings. The van der Waals surface area contributed by atoms with Crippen LogP contribution in [0.1, 0.15) is 16.8 Å². The van der Waals surface area contributed by atoms with Crippen LogP contribution in [-0.4, -0.2) is 14.5 Å². The molecule has 0 radical (unpaired) electrons. The van der Waals surface area contributed by atoms with Crippen molar-refractivity contribution in [3.05, 3.63) is 211 Å². The molecule has 11 rings (SSSR count). The summed E-state index contributed by atoms with van der Waals surface area (Å²) in [6, 6.07) is 65.0. The zero-order valence-corrected chi connectivity index (χ0v) is 31.8. The van der Waals surface area contributed by atoms with E-state index in [1.807, 2.05) is 12.1 Å². The Bertz CT molecular complexity index is 3240. The number of rotatable bonds is 5. The summed E-state index contributed by atoms with van der Waals surface area (Å²) in [5, 5.41) is 6.06. The molecule has 0 aliphatic carbocycles. The summed E-state index contributed by atoms with van der Waals surface area (Å²) in [5.41, 5.74) is 15.2. The van der Waals surface area contributed by atoms with Gasteiger partial charge in [0.25, 0.3) is 0 Å². The highest BCUT2D eigenvalue weighted by Crippen LogP contribution is 2.44. The van der Waals surface area contributed by atoms with Crippen LogP contribution in [0.25, 0.3) is 106 Å². The van der Waals surface area contributed by atoms with Gasteiger partial charge in [0.1, 0.15) is 0 Å². The van der Waals surface area contributed by atoms with Crippen LogP contribution in [0, 0.1) is 0 Å². The molecule has 3 heterocycles. The van der Waals surface area contributed by atoms with Crippen LogP contribution in [0.15, 0.2) is 195 Å². The van der Waals surface area contributed by atoms with Gasteiger partial charge in [0.15, 0.2) is 5.82 Å². The molecule has 1 aliphatic rings. The maximum atomic E-state index is 5.47. The summed E-state index contributed by atoms with van der Waals surface area (Å²) in [5.74, 6) is 0.698. The Labute approximate surface area is 337 Å². The van der Waals surface area contributed by atoms with Crippen molar-refractivity contribution in [1.82, 2.24) is 14.5 Å². The molecule has 0 amide bonds. The second-order valence-corrected chi connectivity index (χ2v) is 14.9. The Morgan fingerprint density at radius 2 is 1.12 bits per heavy atom. The van der Waals surface area contributed by atoms with E-state index in [2.05, 4.69) is 199 Å². The molecule has 0 saturated heterocycles. The fourth-order valence-corrected chi connectivity index (χ4v) is 8.88. The molecule has 0 N–H and O–H groups in total. The van der Waals surface area contributed by atoms with Gasteiger partial charge >= 0.3 is 0 Å². The second kappa shape index (κ2) is 13.8. The molecule has 2 bridgehead atoms. The number of benzene rings is 8. The number of hydrogen-bond donors (Lipinski definition) is 0. The van der Waals surface area contributed by atoms with Gasteiger partial charge < -0.3 is 4.57 Å². The normalized spacial score (nSPS) is 12.1. The van der Waals surface area contributed by atoms with E-state index in [1.165, 1.54) is 49.2 Å². The van der Waals surface area contributed by atoms with Crippen molar-refractivity contribution in [2.75, 3.05) is 0 Å². The highest BCUT2D eigenvalue weighted by Gasteiger charge is 2.26. The highest BCUT2D eigenvalue weighted by atomic mass is 15.0. The molecule has 10 aromatic rings. The largest absolute Gasteiger partial charge is 0.308 e. The number of aromatic nitrogens is 3. The molecule has 2 aromatic heterocycles. The quantitative estimate of drug-likeness (QED) is 0.176. The summed E-state index contributed by atoms with van der Waals surface area (Å²) in [7, 11) is 0. The Morgan fingerprint density at radius 1 is 0.483 bits per heavy atom. The van der Waals surface area contributed by atoms with Gasteiger partial charge in [0.05, 0.1) is 28.3 Å². The summed E-state index contributed by atoms with van der Waals surface area (Å²) >= 11 is 0. The minimum absolute atomic E-state index is 0.642. The summed E-state index contributed by atoms with van der Waals surface area (Å²) in [4.78, 5) is 10.9. The topological polar surface area (TPSA) is 30.7 Å². The molecule has 0 spiro atoms. The molecule has 0 atom stereocenters. The van der Waals surface area contributed by atoms with E-state index >= 15 is 0 Å². The van der Waals surface area contributed by atoms with Gasteiger partial charge in [0, 0.05) is 38.6 Å². The lowest BCUT2D eigenvalue weighted by molar-refractivity contribution is 1.08. The lowest BCUT2D eigenvalue weighted by Crippen LogP contribution is -2.07. The molecular weight excluding hydrogens is 703 g/mol. The van der Waals surface area contributed by atoms with Crippen LogP contribution >= 0.6 is 0 Å². The molecule has 0 saturated carbocycles. The smallest absolute Gasteiger partial charge is 0.160 e. The van der Waals surface area contributed by atoms with Crippen molar-refractivity contribution < 1.29 is 0 Å². The van der Waals surface area contributed by atoms with Crippen LogP contribution in [0.4, 0.5) is 0 Å². The van der Waals surface area contributed by atoms with Gasteiger partial charge in [-0.2, -0.15) is 0 Å². The minimum atomic E-state index is 0.642. The zero-order chi connectivity index (χ0) is 38.6. The minimum Gasteiger partial charge on any atom is -0.308 e. The van der Waals surface area contributed by atoms with Gasteiger partial charge in [-0.05, 0) is 69.1 Å². The van der Waals surface area contributed by atoms with Crippen molar-refractivity contribution in [2.45, 2.75) is 6.42 Å². The molecule has 3 nitrogen and oxygen atoms in total. The number of hydrogen-bond acceptors (Lipinski definition) is 2. The first-order valence-corrected chi connectivity index (χ1v) is 19.8. The zero-order valence-electron chi connectivity index (χ0n) is 31.8. The molecule has 0 unspecified atom stereocenters. The highest BCUT2D eigenvalue weighted by molar-refractivity contribution is 6.16. The third-order valence-corrected chi connectivity index (χ3v) is 11.6. The van der Waals surface area contributed by atoms with Crippen LogP contribution in [0.2, 0.25) is 0 Å². The molecular formula is C55H37N3. The van der Waals surface area contributed by atoms with Crippen LogP contribution < -0.4 is 0 Å². The average molecular weight is 740 g/mol. The lowest BCUT2D eigenvalue weighted by Gasteiger charge is -2.20. The van der Waals surface area contributed by atoms with E-state index in [0.29, 0.717) is 12.2 Å². The summed E-state index contributed by atoms with van der Waals surface area (Å²) in [6.45, 7) is 4.40. The maximum absolute atomic E-state index is 5.47. The van der Waals surface area contributed by atoms with E-state index in [0.717, 1.165) is 56.1 Å². The first-order chi connectivity index (χ1) is 28.7. The molecule has 8 aromatic carbocycles. The number of allylic oxidation sites excluding steroid dienone is 1. The van der Waals surface area contributed by atoms with E-state index in [-0.39, 0.29) is 0 Å². The van der Waals surface area contributed by atoms with Crippen LogP contribution in [-0.2, 0) is 6.42 Å². The van der Waals surface area contributed by atoms with E-state index < -0.39 is 0 Å². The first kappa shape index (κ1) is 33.7. The average Bonchev–Trinajstić information content (AvgIpc) is 3.61. The fourth-order valence-electron chi connectivity index (χ4n) is 8.88. The van der Waals surface area contributed by atoms with Gasteiger partial charge in [-0.1, -0.05) is 183 Å². The maximum Gasteiger partial charge on any atom is 0.160 e. The molecule has 58 heavy (non-hydrogen) atoms. The van der Waals surface area contributed by atoms with Gasteiger partial charge in [-0.25, -0.2) is 9.97 Å². The van der Waals surface area contributed by atoms with Crippen molar-refractivity contribution in [1.29, 1.82) is 0 Å². The summed E-state index contributed by atoms with van der Waals surface area (Å²) in [6.07, 6.45) is 7.22. The standard InChI is InChI=1S/C55H37N3/c1-2-50-44-25-15-26-47-52(39-31-28-37(29-32-39)42-33-30-36-16-9-10-21-41(36)34-42)56-55(40-19-7-4-8-20-40)57-53(47)46-24-13-14-27-51(46)58(50)54-45-23-12-11-22-43(45)48(35-49(44)54)38-17-5-3-6-18-38/h2-25,27-35H,1,26H2. The number of fused-ring (bicyclic) bond motifs is 12. The van der Waals surface area contributed by atoms with Crippen LogP contribution in [0.3, 0.4) is 0 Å². The Balaban J connectivity index is 1.17. The van der Waals surface area contributed by atoms with Crippen LogP contribution in [0.5, 0.6) is 0 Å². The Hall–Kier alpha value is -7.62. The van der Waals surface area contributed by atoms with E-state index in [4.69, 9.17) is 9.97 Å². The van der Waals surface area contributed by atoms with Gasteiger partial charge in [-0.3, -0.25) is 0 Å². The third-order valence-electron chi connectivity index (χ3n) is 11.6. The van der Waals surface area contributed by atoms with E-state index in [1.54, 1.807) is 0 Å². The van der Waals surface area contributed by atoms with E-state index in [9.17, 15) is 0 Å². The van der Waals surface area contributed by atoms with Crippen molar-refractivity contribution >= 4 is 44.6 Å². The molecule has 272 valence electrons. The predicted octanol–water partition coefficient (Wildman–Crippen LogP) is 14.3. The van der Waals surface area contributed by atoms with Crippen molar-refractivity contribution in [3.63, 3.8) is 0 Å². The Kier molecular flexibility index (Phi) is 8.04. The third kappa shape index (κ3) is 5.51. The van der Waals surface area contributed by atoms with Gasteiger partial charge in [0.2, 0.25) is 0 Å². The number of nitrogens with zero attached hydrogens (tertiary/aromatic N) is 3.